The van der Waals surface area contributed by atoms with E-state index in [1.165, 1.54) is 0 Å². The van der Waals surface area contributed by atoms with Gasteiger partial charge in [0.05, 0.1) is 12.0 Å². The van der Waals surface area contributed by atoms with Crippen LogP contribution in [0.4, 0.5) is 0 Å². The van der Waals surface area contributed by atoms with Gasteiger partial charge in [-0.3, -0.25) is 4.79 Å². The van der Waals surface area contributed by atoms with Crippen LogP contribution in [0.5, 0.6) is 0 Å². The minimum atomic E-state index is -2.09. The molecule has 0 saturated heterocycles. The number of fused-ring (bicyclic) bond motifs is 1. The molecule has 0 aliphatic heterocycles. The third-order valence-electron chi connectivity index (χ3n) is 8.52. The number of allylic oxidation sites excluding steroid dienone is 1. The van der Waals surface area contributed by atoms with Crippen molar-refractivity contribution in [2.24, 2.45) is 22.7 Å². The summed E-state index contributed by atoms with van der Waals surface area (Å²) in [5.41, 5.74) is 1.47. The molecule has 0 unspecified atom stereocenters. The molecule has 0 aromatic rings. The van der Waals surface area contributed by atoms with E-state index in [9.17, 15) is 9.59 Å². The maximum Gasteiger partial charge on any atom is 0.200 e. The molecule has 0 heterocycles. The molecule has 1 fully saturated rings. The summed E-state index contributed by atoms with van der Waals surface area (Å²) in [5, 5.41) is 0. The number of rotatable bonds is 7. The van der Waals surface area contributed by atoms with E-state index in [0.717, 1.165) is 24.7 Å². The Balaban J connectivity index is 2.55. The number of ketones is 1. The van der Waals surface area contributed by atoms with Crippen molar-refractivity contribution in [2.75, 3.05) is 6.61 Å². The van der Waals surface area contributed by atoms with Crippen molar-refractivity contribution in [3.8, 4) is 0 Å². The molecule has 160 valence electrons. The Bertz CT molecular complexity index is 614. The first-order chi connectivity index (χ1) is 12.9. The van der Waals surface area contributed by atoms with Crippen molar-refractivity contribution in [2.45, 2.75) is 98.2 Å². The number of carbonyl (C=O) groups excluding carboxylic acids is 2. The second-order valence-electron chi connectivity index (χ2n) is 10.6. The summed E-state index contributed by atoms with van der Waals surface area (Å²) in [6.07, 6.45) is 5.68. The van der Waals surface area contributed by atoms with Gasteiger partial charge in [-0.15, -0.1) is 0 Å². The van der Waals surface area contributed by atoms with Gasteiger partial charge in [-0.05, 0) is 48.2 Å². The molecule has 0 N–H and O–H groups in total. The Morgan fingerprint density at radius 1 is 1.18 bits per heavy atom. The van der Waals surface area contributed by atoms with Gasteiger partial charge < -0.3 is 9.22 Å². The highest BCUT2D eigenvalue weighted by Gasteiger charge is 2.61. The van der Waals surface area contributed by atoms with Crippen molar-refractivity contribution >= 4 is 20.4 Å². The van der Waals surface area contributed by atoms with Crippen LogP contribution in [0.1, 0.15) is 81.6 Å². The Kier molecular flexibility index (Phi) is 6.87. The summed E-state index contributed by atoms with van der Waals surface area (Å²) in [4.78, 5) is 25.8. The van der Waals surface area contributed by atoms with Crippen LogP contribution in [-0.2, 0) is 14.0 Å². The van der Waals surface area contributed by atoms with Gasteiger partial charge in [-0.1, -0.05) is 67.0 Å². The van der Waals surface area contributed by atoms with Crippen LogP contribution in [0.3, 0.4) is 0 Å². The second-order valence-corrected chi connectivity index (χ2v) is 16.1. The molecular weight excluding hydrogens is 364 g/mol. The van der Waals surface area contributed by atoms with Crippen LogP contribution < -0.4 is 0 Å². The van der Waals surface area contributed by atoms with Crippen LogP contribution in [0.25, 0.3) is 0 Å². The van der Waals surface area contributed by atoms with E-state index in [1.54, 1.807) is 0 Å². The Hall–Kier alpha value is -0.743. The standard InChI is InChI=1S/C24H42O3Si/c1-16(2)28(17(3)4,18(5)6)27-15-24-19(7)11-10-12-21(24)23(9,14-25)20(8)13-22(24)26/h11,14,16-18,20-21H,10,12-13,15H2,1-9H3/t20-,21-,23+,24-/m0/s1. The topological polar surface area (TPSA) is 43.4 Å². The van der Waals surface area contributed by atoms with E-state index in [1.807, 2.05) is 0 Å². The highest BCUT2D eigenvalue weighted by Crippen LogP contribution is 2.59. The zero-order valence-corrected chi connectivity index (χ0v) is 20.6. The molecule has 2 aliphatic carbocycles. The van der Waals surface area contributed by atoms with Crippen molar-refractivity contribution in [1.82, 2.24) is 0 Å². The first kappa shape index (κ1) is 23.5. The zero-order chi connectivity index (χ0) is 21.5. The van der Waals surface area contributed by atoms with Gasteiger partial charge in [0.1, 0.15) is 12.1 Å². The van der Waals surface area contributed by atoms with E-state index in [2.05, 4.69) is 68.4 Å². The summed E-state index contributed by atoms with van der Waals surface area (Å²) < 4.78 is 6.99. The molecule has 4 atom stereocenters. The maximum absolute atomic E-state index is 13.6. The molecule has 0 aromatic heterocycles. The fraction of sp³-hybridized carbons (Fsp3) is 0.833. The summed E-state index contributed by atoms with van der Waals surface area (Å²) in [6, 6.07) is 0. The molecule has 0 bridgehead atoms. The molecule has 3 nitrogen and oxygen atoms in total. The lowest BCUT2D eigenvalue weighted by atomic mass is 9.47. The highest BCUT2D eigenvalue weighted by atomic mass is 28.4. The second kappa shape index (κ2) is 8.18. The van der Waals surface area contributed by atoms with Crippen molar-refractivity contribution < 1.29 is 14.0 Å². The quantitative estimate of drug-likeness (QED) is 0.282. The predicted octanol–water partition coefficient (Wildman–Crippen LogP) is 6.34. The van der Waals surface area contributed by atoms with Crippen LogP contribution in [-0.4, -0.2) is 27.0 Å². The zero-order valence-electron chi connectivity index (χ0n) is 19.6. The Morgan fingerprint density at radius 3 is 2.18 bits per heavy atom. The fourth-order valence-corrected chi connectivity index (χ4v) is 12.2. The van der Waals surface area contributed by atoms with E-state index in [-0.39, 0.29) is 17.6 Å². The maximum atomic E-state index is 13.6. The van der Waals surface area contributed by atoms with Gasteiger partial charge in [0.2, 0.25) is 0 Å². The predicted molar refractivity (Wildman–Crippen MR) is 119 cm³/mol. The monoisotopic (exact) mass is 406 g/mol. The minimum Gasteiger partial charge on any atom is -0.415 e. The van der Waals surface area contributed by atoms with E-state index in [4.69, 9.17) is 4.43 Å². The molecular formula is C24H42O3Si. The van der Waals surface area contributed by atoms with E-state index >= 15 is 0 Å². The summed E-state index contributed by atoms with van der Waals surface area (Å²) in [7, 11) is -2.09. The van der Waals surface area contributed by atoms with Crippen LogP contribution in [0, 0.1) is 22.7 Å². The van der Waals surface area contributed by atoms with E-state index < -0.39 is 19.1 Å². The number of aldehydes is 1. The molecule has 2 rings (SSSR count). The molecule has 0 spiro atoms. The summed E-state index contributed by atoms with van der Waals surface area (Å²) in [6.45, 7) is 20.4. The van der Waals surface area contributed by atoms with Gasteiger partial charge in [-0.25, -0.2) is 0 Å². The average Bonchev–Trinajstić information content (AvgIpc) is 2.60. The fourth-order valence-electron chi connectivity index (χ4n) is 6.68. The van der Waals surface area contributed by atoms with Crippen molar-refractivity contribution in [1.29, 1.82) is 0 Å². The van der Waals surface area contributed by atoms with E-state index in [0.29, 0.717) is 29.7 Å². The van der Waals surface area contributed by atoms with Gasteiger partial charge in [0, 0.05) is 11.8 Å². The number of hydrogen-bond donors (Lipinski definition) is 0. The number of Topliss-reactive ketones (excluding diaryl/α,β-unsaturated/α-hetero) is 1. The summed E-state index contributed by atoms with van der Waals surface area (Å²) >= 11 is 0. The Labute approximate surface area is 173 Å². The smallest absolute Gasteiger partial charge is 0.200 e. The average molecular weight is 407 g/mol. The van der Waals surface area contributed by atoms with Crippen molar-refractivity contribution in [3.05, 3.63) is 11.6 Å². The third-order valence-corrected chi connectivity index (χ3v) is 14.6. The lowest BCUT2D eigenvalue weighted by molar-refractivity contribution is -0.153. The minimum absolute atomic E-state index is 0.0388. The molecule has 0 aromatic carbocycles. The molecule has 4 heteroatoms. The Morgan fingerprint density at radius 2 is 1.71 bits per heavy atom. The lowest BCUT2D eigenvalue weighted by Crippen LogP contribution is -2.60. The van der Waals surface area contributed by atoms with Crippen LogP contribution >= 0.6 is 0 Å². The van der Waals surface area contributed by atoms with Crippen LogP contribution in [0.15, 0.2) is 11.6 Å². The molecule has 0 amide bonds. The third kappa shape index (κ3) is 3.29. The lowest BCUT2D eigenvalue weighted by Gasteiger charge is -2.56. The van der Waals surface area contributed by atoms with Gasteiger partial charge in [0.25, 0.3) is 0 Å². The van der Waals surface area contributed by atoms with Gasteiger partial charge in [-0.2, -0.15) is 0 Å². The normalized spacial score (nSPS) is 34.0. The molecule has 2 aliphatic rings. The summed E-state index contributed by atoms with van der Waals surface area (Å²) in [5.74, 6) is 0.415. The first-order valence-electron chi connectivity index (χ1n) is 11.2. The molecule has 1 saturated carbocycles. The van der Waals surface area contributed by atoms with Crippen molar-refractivity contribution in [3.63, 3.8) is 0 Å². The molecule has 0 radical (unpaired) electrons. The van der Waals surface area contributed by atoms with Crippen LogP contribution in [0.2, 0.25) is 16.6 Å². The number of carbonyl (C=O) groups is 2. The highest BCUT2D eigenvalue weighted by molar-refractivity contribution is 6.77. The molecule has 28 heavy (non-hydrogen) atoms. The largest absolute Gasteiger partial charge is 0.415 e. The van der Waals surface area contributed by atoms with Gasteiger partial charge >= 0.3 is 0 Å². The van der Waals surface area contributed by atoms with Gasteiger partial charge in [0.15, 0.2) is 8.32 Å². The number of hydrogen-bond acceptors (Lipinski definition) is 3. The SMILES string of the molecule is CC1=CCC[C@@H]2[C@@]1(CO[Si](C(C)C)(C(C)C)C(C)C)C(=O)C[C@H](C)[C@@]2(C)C=O. The first-order valence-corrected chi connectivity index (χ1v) is 13.4.